The molecule has 0 saturated carbocycles. The van der Waals surface area contributed by atoms with Gasteiger partial charge in [0, 0.05) is 0 Å². The van der Waals surface area contributed by atoms with E-state index in [0.29, 0.717) is 10.0 Å². The number of halogens is 2. The standard InChI is InChI=1S/C18H25Cl2N/c1-2-12-21-18(14-8-6-4-3-5-7-9-14)15-10-11-16(19)17(20)13-15/h8,10-11,13,18,21H,2-7,9,12H2,1H3/b14-8+. The molecule has 0 spiro atoms. The average molecular weight is 326 g/mol. The molecule has 1 aliphatic rings. The summed E-state index contributed by atoms with van der Waals surface area (Å²) in [6.07, 6.45) is 11.3. The highest BCUT2D eigenvalue weighted by molar-refractivity contribution is 6.42. The van der Waals surface area contributed by atoms with E-state index in [4.69, 9.17) is 23.2 Å². The van der Waals surface area contributed by atoms with Crippen LogP contribution >= 0.6 is 23.2 Å². The normalized spacial score (nSPS) is 20.2. The van der Waals surface area contributed by atoms with Crippen LogP contribution in [0.2, 0.25) is 10.0 Å². The maximum Gasteiger partial charge on any atom is 0.0595 e. The molecule has 3 heteroatoms. The lowest BCUT2D eigenvalue weighted by Crippen LogP contribution is -2.24. The maximum atomic E-state index is 6.21. The fraction of sp³-hybridized carbons (Fsp3) is 0.556. The minimum atomic E-state index is 0.276. The van der Waals surface area contributed by atoms with Gasteiger partial charge >= 0.3 is 0 Å². The summed E-state index contributed by atoms with van der Waals surface area (Å²) < 4.78 is 0. The van der Waals surface area contributed by atoms with E-state index < -0.39 is 0 Å². The summed E-state index contributed by atoms with van der Waals surface area (Å²) in [5.74, 6) is 0. The van der Waals surface area contributed by atoms with Crippen molar-refractivity contribution in [2.75, 3.05) is 6.54 Å². The highest BCUT2D eigenvalue weighted by Gasteiger charge is 2.17. The summed E-state index contributed by atoms with van der Waals surface area (Å²) >= 11 is 12.3. The van der Waals surface area contributed by atoms with Crippen molar-refractivity contribution >= 4 is 23.2 Å². The molecule has 0 heterocycles. The van der Waals surface area contributed by atoms with E-state index in [1.54, 1.807) is 0 Å². The molecule has 0 radical (unpaired) electrons. The number of hydrogen-bond donors (Lipinski definition) is 1. The van der Waals surface area contributed by atoms with E-state index in [1.165, 1.54) is 49.7 Å². The fourth-order valence-electron chi connectivity index (χ4n) is 2.92. The van der Waals surface area contributed by atoms with Gasteiger partial charge in [-0.3, -0.25) is 0 Å². The minimum absolute atomic E-state index is 0.276. The molecular formula is C18H25Cl2N. The van der Waals surface area contributed by atoms with Gasteiger partial charge in [-0.1, -0.05) is 60.7 Å². The van der Waals surface area contributed by atoms with Gasteiger partial charge in [0.05, 0.1) is 16.1 Å². The predicted molar refractivity (Wildman–Crippen MR) is 93.3 cm³/mol. The van der Waals surface area contributed by atoms with Crippen LogP contribution in [0.25, 0.3) is 0 Å². The van der Waals surface area contributed by atoms with E-state index in [2.05, 4.69) is 24.4 Å². The molecule has 0 bridgehead atoms. The zero-order valence-electron chi connectivity index (χ0n) is 12.8. The summed E-state index contributed by atoms with van der Waals surface area (Å²) in [4.78, 5) is 0. The van der Waals surface area contributed by atoms with E-state index in [9.17, 15) is 0 Å². The van der Waals surface area contributed by atoms with Gasteiger partial charge in [-0.2, -0.15) is 0 Å². The van der Waals surface area contributed by atoms with E-state index >= 15 is 0 Å². The zero-order chi connectivity index (χ0) is 15.1. The van der Waals surface area contributed by atoms with Crippen molar-refractivity contribution in [3.05, 3.63) is 45.5 Å². The number of hydrogen-bond acceptors (Lipinski definition) is 1. The molecule has 1 atom stereocenters. The zero-order valence-corrected chi connectivity index (χ0v) is 14.3. The van der Waals surface area contributed by atoms with Crippen molar-refractivity contribution in [2.45, 2.75) is 57.9 Å². The quantitative estimate of drug-likeness (QED) is 0.625. The second-order valence-corrected chi connectivity index (χ2v) is 6.61. The van der Waals surface area contributed by atoms with Gasteiger partial charge in [0.25, 0.3) is 0 Å². The summed E-state index contributed by atoms with van der Waals surface area (Å²) in [5.41, 5.74) is 2.74. The number of benzene rings is 1. The first-order valence-corrected chi connectivity index (χ1v) is 8.85. The monoisotopic (exact) mass is 325 g/mol. The Morgan fingerprint density at radius 2 is 1.90 bits per heavy atom. The average Bonchev–Trinajstić information content (AvgIpc) is 2.44. The first-order valence-electron chi connectivity index (χ1n) is 8.09. The summed E-state index contributed by atoms with van der Waals surface area (Å²) in [6, 6.07) is 6.29. The van der Waals surface area contributed by atoms with Crippen molar-refractivity contribution in [3.8, 4) is 0 Å². The Morgan fingerprint density at radius 3 is 2.67 bits per heavy atom. The molecule has 1 N–H and O–H groups in total. The van der Waals surface area contributed by atoms with Crippen LogP contribution in [0.4, 0.5) is 0 Å². The van der Waals surface area contributed by atoms with Crippen molar-refractivity contribution in [1.82, 2.24) is 5.32 Å². The highest BCUT2D eigenvalue weighted by atomic mass is 35.5. The van der Waals surface area contributed by atoms with Crippen molar-refractivity contribution in [3.63, 3.8) is 0 Å². The Kier molecular flexibility index (Phi) is 7.09. The molecule has 0 fully saturated rings. The molecule has 1 nitrogen and oxygen atoms in total. The summed E-state index contributed by atoms with van der Waals surface area (Å²) in [6.45, 7) is 3.22. The van der Waals surface area contributed by atoms with Crippen molar-refractivity contribution < 1.29 is 0 Å². The number of rotatable bonds is 5. The fourth-order valence-corrected chi connectivity index (χ4v) is 3.23. The number of allylic oxidation sites excluding steroid dienone is 1. The SMILES string of the molecule is CCCNC(/C1=C/CCCCCC1)c1ccc(Cl)c(Cl)c1. The second-order valence-electron chi connectivity index (χ2n) is 5.79. The van der Waals surface area contributed by atoms with Crippen LogP contribution in [0, 0.1) is 0 Å². The highest BCUT2D eigenvalue weighted by Crippen LogP contribution is 2.32. The molecule has 116 valence electrons. The Balaban J connectivity index is 2.25. The van der Waals surface area contributed by atoms with Crippen molar-refractivity contribution in [1.29, 1.82) is 0 Å². The van der Waals surface area contributed by atoms with Gasteiger partial charge < -0.3 is 5.32 Å². The molecule has 1 aromatic rings. The van der Waals surface area contributed by atoms with Crippen molar-refractivity contribution in [2.24, 2.45) is 0 Å². The molecular weight excluding hydrogens is 301 g/mol. The van der Waals surface area contributed by atoms with Crippen LogP contribution in [0.3, 0.4) is 0 Å². The van der Waals surface area contributed by atoms with Crippen LogP contribution in [0.1, 0.15) is 63.5 Å². The Labute approximate surface area is 138 Å². The molecule has 1 aliphatic carbocycles. The smallest absolute Gasteiger partial charge is 0.0595 e. The van der Waals surface area contributed by atoms with Gasteiger partial charge in [0.2, 0.25) is 0 Å². The third-order valence-electron chi connectivity index (χ3n) is 4.07. The van der Waals surface area contributed by atoms with E-state index in [0.717, 1.165) is 13.0 Å². The molecule has 21 heavy (non-hydrogen) atoms. The molecule has 2 rings (SSSR count). The molecule has 0 aliphatic heterocycles. The first kappa shape index (κ1) is 16.9. The van der Waals surface area contributed by atoms with Gasteiger partial charge in [-0.15, -0.1) is 0 Å². The molecule has 1 aromatic carbocycles. The molecule has 0 amide bonds. The first-order chi connectivity index (χ1) is 10.2. The van der Waals surface area contributed by atoms with Gasteiger partial charge in [0.15, 0.2) is 0 Å². The molecule has 0 aromatic heterocycles. The maximum absolute atomic E-state index is 6.21. The Bertz CT molecular complexity index is 482. The van der Waals surface area contributed by atoms with Gasteiger partial charge in [-0.05, 0) is 56.3 Å². The van der Waals surface area contributed by atoms with Gasteiger partial charge in [0.1, 0.15) is 0 Å². The van der Waals surface area contributed by atoms with Crippen LogP contribution in [-0.2, 0) is 0 Å². The van der Waals surface area contributed by atoms with Crippen LogP contribution < -0.4 is 5.32 Å². The summed E-state index contributed by atoms with van der Waals surface area (Å²) in [7, 11) is 0. The summed E-state index contributed by atoms with van der Waals surface area (Å²) in [5, 5.41) is 4.95. The van der Waals surface area contributed by atoms with E-state index in [-0.39, 0.29) is 6.04 Å². The number of nitrogens with one attached hydrogen (secondary N) is 1. The molecule has 1 unspecified atom stereocenters. The van der Waals surface area contributed by atoms with Gasteiger partial charge in [-0.25, -0.2) is 0 Å². The lowest BCUT2D eigenvalue weighted by molar-refractivity contribution is 0.541. The van der Waals surface area contributed by atoms with Crippen LogP contribution in [-0.4, -0.2) is 6.54 Å². The molecule has 0 saturated heterocycles. The minimum Gasteiger partial charge on any atom is -0.307 e. The third kappa shape index (κ3) is 5.02. The van der Waals surface area contributed by atoms with Crippen LogP contribution in [0.5, 0.6) is 0 Å². The lowest BCUT2D eigenvalue weighted by Gasteiger charge is -2.24. The third-order valence-corrected chi connectivity index (χ3v) is 4.81. The van der Waals surface area contributed by atoms with Crippen LogP contribution in [0.15, 0.2) is 29.8 Å². The Hall–Kier alpha value is -0.500. The van der Waals surface area contributed by atoms with E-state index in [1.807, 2.05) is 12.1 Å². The Morgan fingerprint density at radius 1 is 1.10 bits per heavy atom. The largest absolute Gasteiger partial charge is 0.307 e. The second kappa shape index (κ2) is 8.82. The predicted octanol–water partition coefficient (Wildman–Crippen LogP) is 6.31. The topological polar surface area (TPSA) is 12.0 Å². The lowest BCUT2D eigenvalue weighted by atomic mass is 9.91.